The highest BCUT2D eigenvalue weighted by atomic mass is 16.5. The number of carbonyl (C=O) groups excluding carboxylic acids is 2. The zero-order chi connectivity index (χ0) is 16.5. The van der Waals surface area contributed by atoms with Gasteiger partial charge in [0.05, 0.1) is 18.7 Å². The van der Waals surface area contributed by atoms with Crippen molar-refractivity contribution in [1.82, 2.24) is 15.5 Å². The molecule has 0 aromatic heterocycles. The van der Waals surface area contributed by atoms with Crippen LogP contribution in [0, 0.1) is 5.41 Å². The molecule has 0 aromatic rings. The number of rotatable bonds is 4. The van der Waals surface area contributed by atoms with Crippen LogP contribution in [0.3, 0.4) is 0 Å². The highest BCUT2D eigenvalue weighted by Crippen LogP contribution is 2.41. The normalized spacial score (nSPS) is 32.3. The van der Waals surface area contributed by atoms with E-state index >= 15 is 0 Å². The molecule has 0 radical (unpaired) electrons. The van der Waals surface area contributed by atoms with Crippen LogP contribution in [0.2, 0.25) is 0 Å². The molecule has 3 unspecified atom stereocenters. The second kappa shape index (κ2) is 6.52. The lowest BCUT2D eigenvalue weighted by molar-refractivity contribution is -0.144. The Bertz CT molecular complexity index is 441. The molecule has 0 aromatic carbocycles. The number of ether oxygens (including phenoxy) is 1. The van der Waals surface area contributed by atoms with Gasteiger partial charge in [-0.25, -0.2) is 0 Å². The summed E-state index contributed by atoms with van der Waals surface area (Å²) in [5.41, 5.74) is 5.82. The van der Waals surface area contributed by atoms with Crippen LogP contribution < -0.4 is 16.4 Å². The summed E-state index contributed by atoms with van der Waals surface area (Å²) in [5, 5.41) is 5.71. The van der Waals surface area contributed by atoms with E-state index in [4.69, 9.17) is 10.5 Å². The monoisotopic (exact) mass is 312 g/mol. The van der Waals surface area contributed by atoms with Crippen molar-refractivity contribution in [2.75, 3.05) is 20.2 Å². The predicted molar refractivity (Wildman–Crippen MR) is 82.9 cm³/mol. The first-order valence-corrected chi connectivity index (χ1v) is 7.93. The Hall–Kier alpha value is -1.18. The molecule has 126 valence electrons. The van der Waals surface area contributed by atoms with Crippen LogP contribution in [0.5, 0.6) is 0 Å². The molecule has 2 aliphatic heterocycles. The number of amides is 2. The van der Waals surface area contributed by atoms with Gasteiger partial charge in [0.2, 0.25) is 11.8 Å². The van der Waals surface area contributed by atoms with Crippen LogP contribution in [0.25, 0.3) is 0 Å². The standard InChI is InChI=1S/C15H28N4O3/c1-9(17-4)13(20)18-10-5-6-22-12-7-15(2,3)11(8-16)19(12)14(10)21/h9-12,17H,5-8,16H2,1-4H3,(H,18,20)/t9-,10?,11?,12?/m0/s1. The lowest BCUT2D eigenvalue weighted by Crippen LogP contribution is -2.56. The Labute approximate surface area is 131 Å². The quantitative estimate of drug-likeness (QED) is 0.645. The Morgan fingerprint density at radius 1 is 1.55 bits per heavy atom. The van der Waals surface area contributed by atoms with Gasteiger partial charge >= 0.3 is 0 Å². The first kappa shape index (κ1) is 17.2. The molecule has 2 rings (SSSR count). The van der Waals surface area contributed by atoms with Crippen molar-refractivity contribution >= 4 is 11.8 Å². The molecule has 0 saturated carbocycles. The number of nitrogens with one attached hydrogen (secondary N) is 2. The maximum Gasteiger partial charge on any atom is 0.247 e. The first-order valence-electron chi connectivity index (χ1n) is 7.93. The van der Waals surface area contributed by atoms with Crippen LogP contribution in [-0.4, -0.2) is 61.3 Å². The van der Waals surface area contributed by atoms with Crippen molar-refractivity contribution in [2.45, 2.75) is 58.0 Å². The highest BCUT2D eigenvalue weighted by molar-refractivity contribution is 5.90. The molecule has 22 heavy (non-hydrogen) atoms. The van der Waals surface area contributed by atoms with Crippen molar-refractivity contribution < 1.29 is 14.3 Å². The van der Waals surface area contributed by atoms with Crippen molar-refractivity contribution in [2.24, 2.45) is 11.1 Å². The smallest absolute Gasteiger partial charge is 0.247 e. The summed E-state index contributed by atoms with van der Waals surface area (Å²) in [6.07, 6.45) is 1.03. The molecule has 0 bridgehead atoms. The second-order valence-corrected chi connectivity index (χ2v) is 6.88. The minimum absolute atomic E-state index is 0.0655. The van der Waals surface area contributed by atoms with Crippen molar-refractivity contribution in [3.63, 3.8) is 0 Å². The lowest BCUT2D eigenvalue weighted by Gasteiger charge is -2.33. The highest BCUT2D eigenvalue weighted by Gasteiger charge is 2.51. The topological polar surface area (TPSA) is 96.7 Å². The molecule has 4 N–H and O–H groups in total. The average molecular weight is 312 g/mol. The molecule has 2 heterocycles. The predicted octanol–water partition coefficient (Wildman–Crippen LogP) is -0.589. The summed E-state index contributed by atoms with van der Waals surface area (Å²) in [7, 11) is 1.71. The van der Waals surface area contributed by atoms with Gasteiger partial charge in [-0.1, -0.05) is 13.8 Å². The van der Waals surface area contributed by atoms with E-state index in [1.807, 2.05) is 0 Å². The van der Waals surface area contributed by atoms with Crippen LogP contribution in [0.15, 0.2) is 0 Å². The number of hydrogen-bond acceptors (Lipinski definition) is 5. The third-order valence-corrected chi connectivity index (χ3v) is 4.88. The third-order valence-electron chi connectivity index (χ3n) is 4.88. The number of nitrogens with zero attached hydrogens (tertiary/aromatic N) is 1. The molecule has 2 fully saturated rings. The van der Waals surface area contributed by atoms with Gasteiger partial charge in [-0.15, -0.1) is 0 Å². The zero-order valence-electron chi connectivity index (χ0n) is 13.9. The number of likely N-dealkylation sites (N-methyl/N-ethyl adjacent to an activating group) is 1. The van der Waals surface area contributed by atoms with E-state index in [-0.39, 0.29) is 35.5 Å². The van der Waals surface area contributed by atoms with E-state index < -0.39 is 6.04 Å². The molecular weight excluding hydrogens is 284 g/mol. The fraction of sp³-hybridized carbons (Fsp3) is 0.867. The van der Waals surface area contributed by atoms with E-state index in [0.717, 1.165) is 6.42 Å². The number of nitrogens with two attached hydrogens (primary N) is 1. The summed E-state index contributed by atoms with van der Waals surface area (Å²) in [5.74, 6) is -0.262. The van der Waals surface area contributed by atoms with E-state index in [2.05, 4.69) is 24.5 Å². The fourth-order valence-electron chi connectivity index (χ4n) is 3.32. The Morgan fingerprint density at radius 3 is 2.82 bits per heavy atom. The molecule has 0 spiro atoms. The van der Waals surface area contributed by atoms with E-state index in [1.165, 1.54) is 0 Å². The van der Waals surface area contributed by atoms with Gasteiger partial charge in [0.15, 0.2) is 0 Å². The minimum atomic E-state index is -0.545. The van der Waals surface area contributed by atoms with Crippen molar-refractivity contribution in [1.29, 1.82) is 0 Å². The zero-order valence-corrected chi connectivity index (χ0v) is 13.9. The summed E-state index contributed by atoms with van der Waals surface area (Å²) >= 11 is 0. The van der Waals surface area contributed by atoms with E-state index in [1.54, 1.807) is 18.9 Å². The molecule has 7 heteroatoms. The van der Waals surface area contributed by atoms with Crippen molar-refractivity contribution in [3.8, 4) is 0 Å². The number of hydrogen-bond donors (Lipinski definition) is 3. The van der Waals surface area contributed by atoms with E-state index in [9.17, 15) is 9.59 Å². The maximum atomic E-state index is 12.9. The van der Waals surface area contributed by atoms with Crippen LogP contribution >= 0.6 is 0 Å². The summed E-state index contributed by atoms with van der Waals surface area (Å²) in [6.45, 7) is 6.82. The summed E-state index contributed by atoms with van der Waals surface area (Å²) in [6, 6.07) is -0.950. The Balaban J connectivity index is 2.16. The molecular formula is C15H28N4O3. The van der Waals surface area contributed by atoms with Gasteiger partial charge in [-0.05, 0) is 25.8 Å². The minimum Gasteiger partial charge on any atom is -0.358 e. The molecule has 0 aliphatic carbocycles. The number of carbonyl (C=O) groups is 2. The number of fused-ring (bicyclic) bond motifs is 1. The van der Waals surface area contributed by atoms with Gasteiger partial charge in [-0.3, -0.25) is 9.59 Å². The fourth-order valence-corrected chi connectivity index (χ4v) is 3.32. The van der Waals surface area contributed by atoms with Crippen molar-refractivity contribution in [3.05, 3.63) is 0 Å². The van der Waals surface area contributed by atoms with Gasteiger partial charge in [0.25, 0.3) is 0 Å². The average Bonchev–Trinajstić information content (AvgIpc) is 2.65. The second-order valence-electron chi connectivity index (χ2n) is 6.88. The molecule has 2 aliphatic rings. The molecule has 2 amide bonds. The largest absolute Gasteiger partial charge is 0.358 e. The van der Waals surface area contributed by atoms with Gasteiger partial charge < -0.3 is 26.0 Å². The van der Waals surface area contributed by atoms with Gasteiger partial charge in [0.1, 0.15) is 12.3 Å². The Morgan fingerprint density at radius 2 is 2.23 bits per heavy atom. The lowest BCUT2D eigenvalue weighted by atomic mass is 9.84. The van der Waals surface area contributed by atoms with Gasteiger partial charge in [0, 0.05) is 13.0 Å². The molecule has 7 nitrogen and oxygen atoms in total. The summed E-state index contributed by atoms with van der Waals surface area (Å²) in [4.78, 5) is 26.7. The van der Waals surface area contributed by atoms with Crippen LogP contribution in [0.4, 0.5) is 0 Å². The van der Waals surface area contributed by atoms with E-state index in [0.29, 0.717) is 19.6 Å². The molecule has 2 saturated heterocycles. The maximum absolute atomic E-state index is 12.9. The third kappa shape index (κ3) is 3.11. The summed E-state index contributed by atoms with van der Waals surface area (Å²) < 4.78 is 5.85. The molecule has 4 atom stereocenters. The SMILES string of the molecule is CN[C@@H](C)C(=O)NC1CCOC2CC(C)(C)C(CN)N2C1=O. The Kier molecular flexibility index (Phi) is 5.09. The van der Waals surface area contributed by atoms with Gasteiger partial charge in [-0.2, -0.15) is 0 Å². The first-order chi connectivity index (χ1) is 10.3. The van der Waals surface area contributed by atoms with Crippen LogP contribution in [-0.2, 0) is 14.3 Å². The van der Waals surface area contributed by atoms with Crippen LogP contribution in [0.1, 0.15) is 33.6 Å².